The maximum Gasteiger partial charge on any atom is 0.240 e. The number of fused-ring (bicyclic) bond motifs is 2. The molecule has 0 fully saturated rings. The zero-order chi connectivity index (χ0) is 22.6. The maximum absolute atomic E-state index is 13.4. The van der Waals surface area contributed by atoms with Crippen molar-refractivity contribution in [1.29, 1.82) is 0 Å². The van der Waals surface area contributed by atoms with E-state index in [1.54, 1.807) is 17.6 Å². The van der Waals surface area contributed by atoms with Crippen molar-refractivity contribution < 1.29 is 14.3 Å². The van der Waals surface area contributed by atoms with Gasteiger partial charge >= 0.3 is 0 Å². The van der Waals surface area contributed by atoms with E-state index in [0.29, 0.717) is 29.2 Å². The van der Waals surface area contributed by atoms with Gasteiger partial charge in [0.2, 0.25) is 11.8 Å². The summed E-state index contributed by atoms with van der Waals surface area (Å²) in [5, 5.41) is 17.8. The van der Waals surface area contributed by atoms with Crippen molar-refractivity contribution >= 4 is 17.4 Å². The van der Waals surface area contributed by atoms with Crippen molar-refractivity contribution in [3.05, 3.63) is 59.4 Å². The molecule has 0 radical (unpaired) electrons. The van der Waals surface area contributed by atoms with Gasteiger partial charge in [0.1, 0.15) is 29.1 Å². The van der Waals surface area contributed by atoms with E-state index in [9.17, 15) is 14.3 Å². The van der Waals surface area contributed by atoms with E-state index in [1.165, 1.54) is 30.6 Å². The lowest BCUT2D eigenvalue weighted by atomic mass is 9.78. The molecule has 2 N–H and O–H groups in total. The van der Waals surface area contributed by atoms with E-state index in [-0.39, 0.29) is 29.0 Å². The molecule has 162 valence electrons. The zero-order valence-corrected chi connectivity index (χ0v) is 17.7. The molecule has 4 heterocycles. The molecular weight excluding hydrogens is 413 g/mol. The summed E-state index contributed by atoms with van der Waals surface area (Å²) in [6.07, 6.45) is 3.75. The van der Waals surface area contributed by atoms with Gasteiger partial charge in [0.05, 0.1) is 17.5 Å². The van der Waals surface area contributed by atoms with Crippen LogP contribution in [-0.4, -0.2) is 40.6 Å². The number of carbonyl (C=O) groups excluding carboxylic acids is 1. The number of anilines is 1. The maximum atomic E-state index is 13.4. The minimum atomic E-state index is -1.27. The summed E-state index contributed by atoms with van der Waals surface area (Å²) in [5.41, 5.74) is 1.26. The minimum Gasteiger partial charge on any atom is -0.493 e. The first kappa shape index (κ1) is 20.0. The van der Waals surface area contributed by atoms with Crippen LogP contribution in [0.15, 0.2) is 36.8 Å². The van der Waals surface area contributed by atoms with Crippen LogP contribution in [0.2, 0.25) is 0 Å². The molecule has 5 rings (SSSR count). The SMILES string of the molecule is CC(C)Cc1nc(-c2nc(O)c3c(n2)NC(=O)[C@@]3(C)c2ccc(F)cc2)cn2ncnc12. The van der Waals surface area contributed by atoms with Crippen LogP contribution in [0.4, 0.5) is 10.2 Å². The van der Waals surface area contributed by atoms with Crippen LogP contribution < -0.4 is 5.32 Å². The first-order valence-corrected chi connectivity index (χ1v) is 10.2. The highest BCUT2D eigenvalue weighted by molar-refractivity contribution is 6.08. The average molecular weight is 433 g/mol. The van der Waals surface area contributed by atoms with Crippen LogP contribution in [-0.2, 0) is 16.6 Å². The number of aromatic hydroxyl groups is 1. The van der Waals surface area contributed by atoms with Gasteiger partial charge in [-0.15, -0.1) is 0 Å². The van der Waals surface area contributed by atoms with E-state index >= 15 is 0 Å². The largest absolute Gasteiger partial charge is 0.493 e. The average Bonchev–Trinajstić information content (AvgIpc) is 3.31. The van der Waals surface area contributed by atoms with Gasteiger partial charge in [-0.2, -0.15) is 10.1 Å². The molecule has 4 aromatic rings. The van der Waals surface area contributed by atoms with Gasteiger partial charge in [-0.05, 0) is 37.0 Å². The predicted octanol–water partition coefficient (Wildman–Crippen LogP) is 2.88. The standard InChI is InChI=1S/C22H20FN7O2/c1-11(2)8-14-19-24-10-25-30(19)9-15(26-14)17-27-18-16(20(31)28-17)22(3,21(32)29-18)12-4-6-13(23)7-5-12/h4-7,9-11H,8H2,1-3H3,(H2,27,28,29,31,32)/t22-/m0/s1. The van der Waals surface area contributed by atoms with Gasteiger partial charge in [0.15, 0.2) is 11.5 Å². The molecule has 1 aliphatic rings. The Labute approximate surface area is 182 Å². The molecule has 0 saturated carbocycles. The molecule has 3 aromatic heterocycles. The third kappa shape index (κ3) is 2.98. The Morgan fingerprint density at radius 3 is 2.66 bits per heavy atom. The molecule has 0 aliphatic carbocycles. The second kappa shape index (κ2) is 7.04. The van der Waals surface area contributed by atoms with Gasteiger partial charge in [-0.3, -0.25) is 4.79 Å². The zero-order valence-electron chi connectivity index (χ0n) is 17.7. The molecule has 0 saturated heterocycles. The fourth-order valence-electron chi connectivity index (χ4n) is 4.04. The lowest BCUT2D eigenvalue weighted by Gasteiger charge is -2.22. The van der Waals surface area contributed by atoms with E-state index < -0.39 is 11.2 Å². The van der Waals surface area contributed by atoms with E-state index in [0.717, 1.165) is 5.69 Å². The number of aromatic nitrogens is 6. The number of nitrogens with zero attached hydrogens (tertiary/aromatic N) is 6. The summed E-state index contributed by atoms with van der Waals surface area (Å²) in [6.45, 7) is 5.79. The molecule has 10 heteroatoms. The number of hydrogen-bond acceptors (Lipinski definition) is 7. The number of amides is 1. The number of rotatable bonds is 4. The molecule has 0 spiro atoms. The minimum absolute atomic E-state index is 0.146. The monoisotopic (exact) mass is 433 g/mol. The number of nitrogens with one attached hydrogen (secondary N) is 1. The Bertz CT molecular complexity index is 1370. The van der Waals surface area contributed by atoms with Gasteiger partial charge in [0.25, 0.3) is 0 Å². The third-order valence-corrected chi connectivity index (χ3v) is 5.66. The molecular formula is C22H20FN7O2. The molecule has 9 nitrogen and oxygen atoms in total. The van der Waals surface area contributed by atoms with Gasteiger partial charge in [0, 0.05) is 0 Å². The molecule has 1 aromatic carbocycles. The van der Waals surface area contributed by atoms with Crippen LogP contribution in [0.25, 0.3) is 17.2 Å². The first-order valence-electron chi connectivity index (χ1n) is 10.2. The Kier molecular flexibility index (Phi) is 4.40. The molecule has 32 heavy (non-hydrogen) atoms. The molecule has 1 atom stereocenters. The van der Waals surface area contributed by atoms with Crippen molar-refractivity contribution in [2.24, 2.45) is 5.92 Å². The lowest BCUT2D eigenvalue weighted by Crippen LogP contribution is -2.32. The van der Waals surface area contributed by atoms with E-state index in [4.69, 9.17) is 0 Å². The van der Waals surface area contributed by atoms with Crippen LogP contribution in [0.5, 0.6) is 5.88 Å². The summed E-state index contributed by atoms with van der Waals surface area (Å²) in [6, 6.07) is 5.56. The highest BCUT2D eigenvalue weighted by Gasteiger charge is 2.48. The normalized spacial score (nSPS) is 17.7. The van der Waals surface area contributed by atoms with Crippen LogP contribution in [0, 0.1) is 11.7 Å². The first-order chi connectivity index (χ1) is 15.3. The summed E-state index contributed by atoms with van der Waals surface area (Å²) < 4.78 is 15.0. The third-order valence-electron chi connectivity index (χ3n) is 5.66. The van der Waals surface area contributed by atoms with Gasteiger partial charge < -0.3 is 10.4 Å². The second-order valence-electron chi connectivity index (χ2n) is 8.38. The van der Waals surface area contributed by atoms with E-state index in [1.807, 2.05) is 0 Å². The molecule has 1 amide bonds. The number of hydrogen-bond donors (Lipinski definition) is 2. The highest BCUT2D eigenvalue weighted by atomic mass is 19.1. The van der Waals surface area contributed by atoms with Crippen molar-refractivity contribution in [2.45, 2.75) is 32.6 Å². The fraction of sp³-hybridized carbons (Fsp3) is 0.273. The summed E-state index contributed by atoms with van der Waals surface area (Å²) in [7, 11) is 0. The predicted molar refractivity (Wildman–Crippen MR) is 113 cm³/mol. The van der Waals surface area contributed by atoms with Gasteiger partial charge in [-0.25, -0.2) is 23.9 Å². The number of benzene rings is 1. The molecule has 1 aliphatic heterocycles. The van der Waals surface area contributed by atoms with E-state index in [2.05, 4.69) is 44.2 Å². The smallest absolute Gasteiger partial charge is 0.240 e. The van der Waals surface area contributed by atoms with Crippen LogP contribution >= 0.6 is 0 Å². The highest BCUT2D eigenvalue weighted by Crippen LogP contribution is 2.46. The number of carbonyl (C=O) groups is 1. The van der Waals surface area contributed by atoms with Gasteiger partial charge in [-0.1, -0.05) is 26.0 Å². The Hall–Kier alpha value is -3.95. The quantitative estimate of drug-likeness (QED) is 0.508. The Balaban J connectivity index is 1.65. The topological polar surface area (TPSA) is 118 Å². The summed E-state index contributed by atoms with van der Waals surface area (Å²) in [5.74, 6) is -0.480. The fourth-order valence-corrected chi connectivity index (χ4v) is 4.04. The molecule has 0 bridgehead atoms. The Morgan fingerprint density at radius 1 is 1.19 bits per heavy atom. The van der Waals surface area contributed by atoms with Crippen LogP contribution in [0.1, 0.15) is 37.6 Å². The molecule has 0 unspecified atom stereocenters. The van der Waals surface area contributed by atoms with Crippen molar-refractivity contribution in [3.63, 3.8) is 0 Å². The number of halogens is 1. The van der Waals surface area contributed by atoms with Crippen molar-refractivity contribution in [3.8, 4) is 17.4 Å². The second-order valence-corrected chi connectivity index (χ2v) is 8.38. The lowest BCUT2D eigenvalue weighted by molar-refractivity contribution is -0.119. The van der Waals surface area contributed by atoms with Crippen molar-refractivity contribution in [1.82, 2.24) is 29.5 Å². The Morgan fingerprint density at radius 2 is 1.94 bits per heavy atom. The van der Waals surface area contributed by atoms with Crippen LogP contribution in [0.3, 0.4) is 0 Å². The summed E-state index contributed by atoms with van der Waals surface area (Å²) in [4.78, 5) is 30.6. The van der Waals surface area contributed by atoms with Crippen molar-refractivity contribution in [2.75, 3.05) is 5.32 Å². The summed E-state index contributed by atoms with van der Waals surface area (Å²) >= 11 is 0.